The van der Waals surface area contributed by atoms with E-state index in [-0.39, 0.29) is 5.41 Å². The van der Waals surface area contributed by atoms with Crippen molar-refractivity contribution in [2.24, 2.45) is 5.41 Å². The molecule has 0 spiro atoms. The Morgan fingerprint density at radius 2 is 1.76 bits per heavy atom. The first-order valence-electron chi connectivity index (χ1n) is 8.14. The van der Waals surface area contributed by atoms with Gasteiger partial charge in [0.25, 0.3) is 0 Å². The summed E-state index contributed by atoms with van der Waals surface area (Å²) in [5.41, 5.74) is 0.157. The maximum Gasteiger partial charge on any atom is 0.155 e. The monoisotopic (exact) mass is 319 g/mol. The third kappa shape index (κ3) is 5.87. The number of rotatable bonds is 8. The maximum absolute atomic E-state index is 12.4. The second kappa shape index (κ2) is 7.93. The highest BCUT2D eigenvalue weighted by Crippen LogP contribution is 2.39. The van der Waals surface area contributed by atoms with Crippen LogP contribution >= 0.6 is 0 Å². The Bertz CT molecular complexity index is 392. The van der Waals surface area contributed by atoms with E-state index in [0.29, 0.717) is 12.4 Å². The van der Waals surface area contributed by atoms with E-state index < -0.39 is 14.6 Å². The lowest BCUT2D eigenvalue weighted by Crippen LogP contribution is -2.40. The summed E-state index contributed by atoms with van der Waals surface area (Å²) in [6, 6.07) is 0. The first-order valence-corrected chi connectivity index (χ1v) is 9.80. The van der Waals surface area contributed by atoms with E-state index >= 15 is 0 Å². The lowest BCUT2D eigenvalue weighted by atomic mass is 9.72. The van der Waals surface area contributed by atoms with Crippen LogP contribution in [0.1, 0.15) is 59.3 Å². The van der Waals surface area contributed by atoms with Gasteiger partial charge in [0.2, 0.25) is 0 Å². The Balaban J connectivity index is 2.61. The van der Waals surface area contributed by atoms with Crippen LogP contribution in [0.4, 0.5) is 0 Å². The quantitative estimate of drug-likeness (QED) is 0.699. The molecule has 1 rings (SSSR count). The predicted octanol–water partition coefficient (Wildman–Crippen LogP) is 2.78. The van der Waals surface area contributed by atoms with Crippen molar-refractivity contribution in [3.63, 3.8) is 0 Å². The molecule has 1 aliphatic rings. The molecule has 1 aliphatic carbocycles. The van der Waals surface area contributed by atoms with Gasteiger partial charge in [-0.25, -0.2) is 8.42 Å². The van der Waals surface area contributed by atoms with Gasteiger partial charge in [-0.2, -0.15) is 0 Å². The zero-order valence-corrected chi connectivity index (χ0v) is 15.0. The SMILES string of the molecule is COCCNCC1(CCS(=O)(=O)C(C)(C)C)CCCCC1. The van der Waals surface area contributed by atoms with E-state index in [4.69, 9.17) is 4.74 Å². The third-order valence-corrected chi connectivity index (χ3v) is 7.34. The van der Waals surface area contributed by atoms with Crippen LogP contribution in [0.2, 0.25) is 0 Å². The molecule has 0 aromatic carbocycles. The molecule has 0 saturated heterocycles. The highest BCUT2D eigenvalue weighted by molar-refractivity contribution is 7.92. The predicted molar refractivity (Wildman–Crippen MR) is 88.4 cm³/mol. The Hall–Kier alpha value is -0.130. The number of hydrogen-bond donors (Lipinski definition) is 1. The fourth-order valence-corrected chi connectivity index (χ4v) is 4.32. The Labute approximate surface area is 130 Å². The lowest BCUT2D eigenvalue weighted by molar-refractivity contribution is 0.159. The molecule has 21 heavy (non-hydrogen) atoms. The molecule has 4 nitrogen and oxygen atoms in total. The van der Waals surface area contributed by atoms with Crippen LogP contribution in [0, 0.1) is 5.41 Å². The molecule has 0 atom stereocenters. The Morgan fingerprint density at radius 1 is 1.14 bits per heavy atom. The molecule has 0 aliphatic heterocycles. The molecule has 0 bridgehead atoms. The average Bonchev–Trinajstić information content (AvgIpc) is 2.42. The number of sulfone groups is 1. The molecular formula is C16H33NO3S. The number of hydrogen-bond acceptors (Lipinski definition) is 4. The molecule has 0 aromatic heterocycles. The number of nitrogens with one attached hydrogen (secondary N) is 1. The first-order chi connectivity index (χ1) is 9.72. The van der Waals surface area contributed by atoms with Gasteiger partial charge < -0.3 is 10.1 Å². The summed E-state index contributed by atoms with van der Waals surface area (Å²) in [4.78, 5) is 0. The van der Waals surface area contributed by atoms with E-state index in [1.54, 1.807) is 27.9 Å². The van der Waals surface area contributed by atoms with Crippen molar-refractivity contribution in [1.82, 2.24) is 5.32 Å². The second-order valence-electron chi connectivity index (χ2n) is 7.41. The highest BCUT2D eigenvalue weighted by atomic mass is 32.2. The standard InChI is InChI=1S/C16H33NO3S/c1-15(2,3)21(18,19)13-10-16(8-6-5-7-9-16)14-17-11-12-20-4/h17H,5-14H2,1-4H3. The molecule has 0 unspecified atom stereocenters. The summed E-state index contributed by atoms with van der Waals surface area (Å²) in [6.45, 7) is 7.85. The largest absolute Gasteiger partial charge is 0.383 e. The molecule has 0 radical (unpaired) electrons. The van der Waals surface area contributed by atoms with Crippen molar-refractivity contribution in [3.05, 3.63) is 0 Å². The van der Waals surface area contributed by atoms with Gasteiger partial charge in [0.1, 0.15) is 0 Å². The number of methoxy groups -OCH3 is 1. The molecule has 1 fully saturated rings. The van der Waals surface area contributed by atoms with Gasteiger partial charge in [0.05, 0.1) is 17.1 Å². The fraction of sp³-hybridized carbons (Fsp3) is 1.00. The molecule has 0 heterocycles. The molecule has 5 heteroatoms. The minimum atomic E-state index is -3.02. The normalized spacial score (nSPS) is 19.6. The lowest BCUT2D eigenvalue weighted by Gasteiger charge is -2.38. The van der Waals surface area contributed by atoms with Crippen LogP contribution in [0.15, 0.2) is 0 Å². The molecule has 1 N–H and O–H groups in total. The van der Waals surface area contributed by atoms with Crippen molar-refractivity contribution < 1.29 is 13.2 Å². The van der Waals surface area contributed by atoms with Gasteiger partial charge in [-0.1, -0.05) is 19.3 Å². The molecule has 1 saturated carbocycles. The van der Waals surface area contributed by atoms with Crippen molar-refractivity contribution >= 4 is 9.84 Å². The van der Waals surface area contributed by atoms with Crippen LogP contribution in [0.5, 0.6) is 0 Å². The van der Waals surface area contributed by atoms with Crippen LogP contribution in [0.25, 0.3) is 0 Å². The van der Waals surface area contributed by atoms with E-state index in [2.05, 4.69) is 5.32 Å². The first kappa shape index (κ1) is 18.9. The van der Waals surface area contributed by atoms with Crippen molar-refractivity contribution in [2.75, 3.05) is 32.6 Å². The third-order valence-electron chi connectivity index (χ3n) is 4.73. The van der Waals surface area contributed by atoms with E-state index in [1.165, 1.54) is 19.3 Å². The second-order valence-corrected chi connectivity index (χ2v) is 10.3. The minimum Gasteiger partial charge on any atom is -0.383 e. The summed E-state index contributed by atoms with van der Waals surface area (Å²) in [6.07, 6.45) is 6.81. The Kier molecular flexibility index (Phi) is 7.14. The van der Waals surface area contributed by atoms with Gasteiger partial charge in [0, 0.05) is 20.2 Å². The van der Waals surface area contributed by atoms with Crippen LogP contribution in [-0.4, -0.2) is 45.7 Å². The van der Waals surface area contributed by atoms with Crippen LogP contribution < -0.4 is 5.32 Å². The minimum absolute atomic E-state index is 0.157. The van der Waals surface area contributed by atoms with Crippen molar-refractivity contribution in [1.29, 1.82) is 0 Å². The van der Waals surface area contributed by atoms with Crippen LogP contribution in [0.3, 0.4) is 0 Å². The average molecular weight is 320 g/mol. The molecular weight excluding hydrogens is 286 g/mol. The zero-order chi connectivity index (χ0) is 16.0. The summed E-state index contributed by atoms with van der Waals surface area (Å²) in [5.74, 6) is 0.308. The van der Waals surface area contributed by atoms with Gasteiger partial charge in [0.15, 0.2) is 9.84 Å². The zero-order valence-electron chi connectivity index (χ0n) is 14.2. The summed E-state index contributed by atoms with van der Waals surface area (Å²) < 4.78 is 29.2. The molecule has 0 aromatic rings. The molecule has 0 amide bonds. The van der Waals surface area contributed by atoms with Crippen molar-refractivity contribution in [2.45, 2.75) is 64.0 Å². The smallest absolute Gasteiger partial charge is 0.155 e. The van der Waals surface area contributed by atoms with E-state index in [0.717, 1.165) is 32.4 Å². The van der Waals surface area contributed by atoms with E-state index in [1.807, 2.05) is 0 Å². The highest BCUT2D eigenvalue weighted by Gasteiger charge is 2.36. The van der Waals surface area contributed by atoms with Crippen molar-refractivity contribution in [3.8, 4) is 0 Å². The van der Waals surface area contributed by atoms with Crippen LogP contribution in [-0.2, 0) is 14.6 Å². The fourth-order valence-electron chi connectivity index (χ4n) is 3.00. The Morgan fingerprint density at radius 3 is 2.29 bits per heavy atom. The van der Waals surface area contributed by atoms with E-state index in [9.17, 15) is 8.42 Å². The summed E-state index contributed by atoms with van der Waals surface area (Å²) in [5, 5.41) is 3.45. The van der Waals surface area contributed by atoms with Gasteiger partial charge >= 0.3 is 0 Å². The maximum atomic E-state index is 12.4. The van der Waals surface area contributed by atoms with Gasteiger partial charge in [-0.05, 0) is 45.4 Å². The molecule has 126 valence electrons. The summed E-state index contributed by atoms with van der Waals surface area (Å²) >= 11 is 0. The van der Waals surface area contributed by atoms with Gasteiger partial charge in [-0.15, -0.1) is 0 Å². The van der Waals surface area contributed by atoms with Gasteiger partial charge in [-0.3, -0.25) is 0 Å². The summed E-state index contributed by atoms with van der Waals surface area (Å²) in [7, 11) is -1.32. The number of ether oxygens (including phenoxy) is 1. The topological polar surface area (TPSA) is 55.4 Å².